The van der Waals surface area contributed by atoms with Crippen LogP contribution in [0.4, 0.5) is 0 Å². The van der Waals surface area contributed by atoms with Crippen LogP contribution in [0.1, 0.15) is 22.5 Å². The molecule has 2 aromatic heterocycles. The number of aryl methyl sites for hydroxylation is 2. The van der Waals surface area contributed by atoms with Crippen molar-refractivity contribution in [3.63, 3.8) is 0 Å². The summed E-state index contributed by atoms with van der Waals surface area (Å²) in [5.41, 5.74) is 6.44. The molecule has 0 unspecified atom stereocenters. The number of carboxylic acid groups (broad SMARTS) is 1. The molecule has 0 saturated heterocycles. The molecule has 0 radical (unpaired) electrons. The molecule has 0 saturated carbocycles. The van der Waals surface area contributed by atoms with Gasteiger partial charge in [-0.05, 0) is 80.1 Å². The molecule has 4 aromatic rings. The highest BCUT2D eigenvalue weighted by molar-refractivity contribution is 8.03. The van der Waals surface area contributed by atoms with Gasteiger partial charge in [-0.15, -0.1) is 0 Å². The van der Waals surface area contributed by atoms with Gasteiger partial charge in [0.25, 0.3) is 5.22 Å². The monoisotopic (exact) mass is 404 g/mol. The van der Waals surface area contributed by atoms with E-state index in [-0.39, 0.29) is 4.91 Å². The van der Waals surface area contributed by atoms with Crippen molar-refractivity contribution in [3.05, 3.63) is 82.0 Å². The number of hydrogen-bond donors (Lipinski definition) is 1. The third-order valence-corrected chi connectivity index (χ3v) is 5.56. The highest BCUT2D eigenvalue weighted by atomic mass is 32.2. The normalized spacial score (nSPS) is 11.9. The quantitative estimate of drug-likeness (QED) is 0.338. The van der Waals surface area contributed by atoms with E-state index in [0.717, 1.165) is 34.4 Å². The van der Waals surface area contributed by atoms with Crippen LogP contribution < -0.4 is 0 Å². The number of thioether (sulfide) groups is 1. The number of benzene rings is 2. The highest BCUT2D eigenvalue weighted by Crippen LogP contribution is 2.32. The van der Waals surface area contributed by atoms with Crippen molar-refractivity contribution in [3.8, 4) is 5.69 Å². The Balaban J connectivity index is 1.72. The van der Waals surface area contributed by atoms with E-state index < -0.39 is 5.97 Å². The van der Waals surface area contributed by atoms with Crippen molar-refractivity contribution in [2.75, 3.05) is 0 Å². The second-order valence-corrected chi connectivity index (χ2v) is 7.86. The fraction of sp³-hybridized carbons (Fsp3) is 0.130. The molecule has 0 bridgehead atoms. The first-order chi connectivity index (χ1) is 13.9. The molecular weight excluding hydrogens is 384 g/mol. The maximum Gasteiger partial charge on any atom is 0.342 e. The molecule has 0 spiro atoms. The van der Waals surface area contributed by atoms with Crippen molar-refractivity contribution >= 4 is 34.9 Å². The molecule has 0 amide bonds. The van der Waals surface area contributed by atoms with E-state index in [1.165, 1.54) is 5.56 Å². The molecule has 0 aliphatic rings. The van der Waals surface area contributed by atoms with Gasteiger partial charge in [0.05, 0.1) is 0 Å². The summed E-state index contributed by atoms with van der Waals surface area (Å²) in [6.45, 7) is 6.06. The maximum absolute atomic E-state index is 11.9. The lowest BCUT2D eigenvalue weighted by Gasteiger charge is -2.10. The summed E-state index contributed by atoms with van der Waals surface area (Å²) in [5.74, 6) is -1.02. The molecular formula is C23H20N2O3S. The van der Waals surface area contributed by atoms with E-state index in [0.29, 0.717) is 16.3 Å². The Hall–Kier alpha value is -3.25. The summed E-state index contributed by atoms with van der Waals surface area (Å²) in [6.07, 6.45) is 1.68. The zero-order valence-corrected chi connectivity index (χ0v) is 17.2. The molecule has 0 aliphatic carbocycles. The van der Waals surface area contributed by atoms with Crippen molar-refractivity contribution in [2.45, 2.75) is 26.0 Å². The van der Waals surface area contributed by atoms with Crippen molar-refractivity contribution in [1.82, 2.24) is 9.55 Å². The van der Waals surface area contributed by atoms with Gasteiger partial charge in [0.15, 0.2) is 5.58 Å². The first-order valence-electron chi connectivity index (χ1n) is 9.17. The Bertz CT molecular complexity index is 1220. The van der Waals surface area contributed by atoms with Crippen LogP contribution in [0.5, 0.6) is 0 Å². The smallest absolute Gasteiger partial charge is 0.342 e. The molecule has 5 nitrogen and oxygen atoms in total. The summed E-state index contributed by atoms with van der Waals surface area (Å²) in [7, 11) is 0. The van der Waals surface area contributed by atoms with Gasteiger partial charge < -0.3 is 14.1 Å². The van der Waals surface area contributed by atoms with Gasteiger partial charge in [0, 0.05) is 17.1 Å². The van der Waals surface area contributed by atoms with Crippen LogP contribution in [0.2, 0.25) is 0 Å². The minimum atomic E-state index is -1.02. The largest absolute Gasteiger partial charge is 0.477 e. The third-order valence-electron chi connectivity index (χ3n) is 4.70. The van der Waals surface area contributed by atoms with E-state index in [4.69, 9.17) is 4.42 Å². The minimum absolute atomic E-state index is 0.154. The van der Waals surface area contributed by atoms with Gasteiger partial charge >= 0.3 is 5.97 Å². The second kappa shape index (κ2) is 7.64. The lowest BCUT2D eigenvalue weighted by Crippen LogP contribution is -2.00. The van der Waals surface area contributed by atoms with Gasteiger partial charge in [-0.1, -0.05) is 24.3 Å². The van der Waals surface area contributed by atoms with Crippen molar-refractivity contribution in [2.24, 2.45) is 0 Å². The Morgan fingerprint density at radius 2 is 1.90 bits per heavy atom. The summed E-state index contributed by atoms with van der Waals surface area (Å²) in [4.78, 5) is 16.4. The van der Waals surface area contributed by atoms with Crippen LogP contribution in [0, 0.1) is 20.8 Å². The summed E-state index contributed by atoms with van der Waals surface area (Å²) in [6, 6.07) is 17.6. The van der Waals surface area contributed by atoms with Crippen LogP contribution in [0.3, 0.4) is 0 Å². The molecule has 0 atom stereocenters. The van der Waals surface area contributed by atoms with Crippen LogP contribution >= 0.6 is 11.8 Å². The number of aromatic nitrogens is 2. The Kier molecular flexibility index (Phi) is 5.03. The first kappa shape index (κ1) is 19.1. The first-order valence-corrected chi connectivity index (χ1v) is 9.98. The number of rotatable bonds is 5. The van der Waals surface area contributed by atoms with Crippen LogP contribution in [0.15, 0.2) is 69.1 Å². The lowest BCUT2D eigenvalue weighted by atomic mass is 10.2. The fourth-order valence-corrected chi connectivity index (χ4v) is 4.10. The molecule has 29 heavy (non-hydrogen) atoms. The maximum atomic E-state index is 11.9. The Labute approximate surface area is 172 Å². The van der Waals surface area contributed by atoms with Gasteiger partial charge in [-0.2, -0.15) is 0 Å². The van der Waals surface area contributed by atoms with E-state index in [1.54, 1.807) is 6.08 Å². The number of carboxylic acids is 1. The Morgan fingerprint density at radius 3 is 2.62 bits per heavy atom. The van der Waals surface area contributed by atoms with Crippen LogP contribution in [-0.4, -0.2) is 20.6 Å². The van der Waals surface area contributed by atoms with Crippen molar-refractivity contribution < 1.29 is 14.3 Å². The molecule has 2 aromatic carbocycles. The number of aliphatic carboxylic acids is 1. The Morgan fingerprint density at radius 1 is 1.10 bits per heavy atom. The van der Waals surface area contributed by atoms with E-state index in [2.05, 4.69) is 28.6 Å². The predicted molar refractivity (Wildman–Crippen MR) is 115 cm³/mol. The van der Waals surface area contributed by atoms with Gasteiger partial charge in [0.1, 0.15) is 10.4 Å². The van der Waals surface area contributed by atoms with Crippen LogP contribution in [-0.2, 0) is 4.79 Å². The number of nitrogens with zero attached hydrogens (tertiary/aromatic N) is 2. The average molecular weight is 404 g/mol. The van der Waals surface area contributed by atoms with E-state index in [1.807, 2.05) is 56.3 Å². The zero-order chi connectivity index (χ0) is 20.5. The van der Waals surface area contributed by atoms with Gasteiger partial charge in [-0.3, -0.25) is 0 Å². The summed E-state index contributed by atoms with van der Waals surface area (Å²) >= 11 is 1.01. The molecule has 6 heteroatoms. The lowest BCUT2D eigenvalue weighted by molar-refractivity contribution is -0.131. The fourth-order valence-electron chi connectivity index (χ4n) is 3.36. The third kappa shape index (κ3) is 3.84. The molecule has 146 valence electrons. The minimum Gasteiger partial charge on any atom is -0.477 e. The second-order valence-electron chi connectivity index (χ2n) is 6.86. The van der Waals surface area contributed by atoms with E-state index in [9.17, 15) is 9.90 Å². The van der Waals surface area contributed by atoms with E-state index >= 15 is 0 Å². The molecule has 0 aliphatic heterocycles. The molecule has 0 fully saturated rings. The standard InChI is InChI=1S/C23H20N2O3S/c1-14-7-6-8-18(11-14)25-15(2)12-17(16(25)3)13-21(22(26)27)29-23-24-19-9-4-5-10-20(19)28-23/h4-13H,1-3H3,(H,26,27)/b21-13+. The SMILES string of the molecule is Cc1cccc(-n2c(C)cc(/C=C(/Sc3nc4ccccc4o3)C(=O)O)c2C)c1. The zero-order valence-electron chi connectivity index (χ0n) is 16.3. The number of carbonyl (C=O) groups is 1. The number of hydrogen-bond acceptors (Lipinski definition) is 4. The number of oxazole rings is 1. The molecule has 2 heterocycles. The van der Waals surface area contributed by atoms with Crippen molar-refractivity contribution in [1.29, 1.82) is 0 Å². The summed E-state index contributed by atoms with van der Waals surface area (Å²) in [5, 5.41) is 10.0. The average Bonchev–Trinajstić information content (AvgIpc) is 3.21. The van der Waals surface area contributed by atoms with Crippen LogP contribution in [0.25, 0.3) is 22.9 Å². The predicted octanol–water partition coefficient (Wildman–Crippen LogP) is 5.76. The van der Waals surface area contributed by atoms with Gasteiger partial charge in [-0.25, -0.2) is 9.78 Å². The summed E-state index contributed by atoms with van der Waals surface area (Å²) < 4.78 is 7.80. The van der Waals surface area contributed by atoms with Gasteiger partial charge in [0.2, 0.25) is 0 Å². The molecule has 1 N–H and O–H groups in total. The topological polar surface area (TPSA) is 68.3 Å². The number of fused-ring (bicyclic) bond motifs is 1. The number of para-hydroxylation sites is 2. The highest BCUT2D eigenvalue weighted by Gasteiger charge is 2.17. The molecule has 4 rings (SSSR count).